The van der Waals surface area contributed by atoms with E-state index in [9.17, 15) is 8.42 Å². The van der Waals surface area contributed by atoms with Crippen molar-refractivity contribution in [3.05, 3.63) is 12.0 Å². The highest BCUT2D eigenvalue weighted by Gasteiger charge is 2.18. The van der Waals surface area contributed by atoms with Gasteiger partial charge >= 0.3 is 0 Å². The molecule has 2 N–H and O–H groups in total. The van der Waals surface area contributed by atoms with E-state index in [1.54, 1.807) is 0 Å². The van der Waals surface area contributed by atoms with Crippen molar-refractivity contribution in [1.82, 2.24) is 14.7 Å². The van der Waals surface area contributed by atoms with Gasteiger partial charge in [0, 0.05) is 17.8 Å². The molecule has 1 aromatic rings. The fraction of sp³-hybridized carbons (Fsp3) is 0.727. The molecule has 7 heteroatoms. The third kappa shape index (κ3) is 4.70. The number of aromatic amines is 1. The minimum Gasteiger partial charge on any atom is -0.332 e. The van der Waals surface area contributed by atoms with Gasteiger partial charge in [-0.1, -0.05) is 36.7 Å². The molecule has 1 rings (SSSR count). The van der Waals surface area contributed by atoms with E-state index in [1.165, 1.54) is 6.20 Å². The molecule has 0 spiro atoms. The number of hydrogen-bond donors (Lipinski definition) is 2. The monoisotopic (exact) mass is 337 g/mol. The van der Waals surface area contributed by atoms with Crippen LogP contribution < -0.4 is 4.72 Å². The van der Waals surface area contributed by atoms with Crippen molar-refractivity contribution >= 4 is 26.0 Å². The average molecular weight is 338 g/mol. The van der Waals surface area contributed by atoms with Crippen molar-refractivity contribution in [2.45, 2.75) is 43.5 Å². The summed E-state index contributed by atoms with van der Waals surface area (Å²) in [5.74, 6) is 1.20. The van der Waals surface area contributed by atoms with E-state index in [2.05, 4.69) is 44.5 Å². The summed E-state index contributed by atoms with van der Waals surface area (Å²) in [7, 11) is -3.48. The zero-order chi connectivity index (χ0) is 13.8. The second-order valence-corrected chi connectivity index (χ2v) is 7.66. The van der Waals surface area contributed by atoms with Gasteiger partial charge in [-0.15, -0.1) is 0 Å². The van der Waals surface area contributed by atoms with Crippen molar-refractivity contribution in [2.24, 2.45) is 5.92 Å². The molecule has 1 unspecified atom stereocenters. The van der Waals surface area contributed by atoms with Gasteiger partial charge in [-0.2, -0.15) is 0 Å². The average Bonchev–Trinajstić information content (AvgIpc) is 2.75. The summed E-state index contributed by atoms with van der Waals surface area (Å²) in [6.07, 6.45) is 2.96. The summed E-state index contributed by atoms with van der Waals surface area (Å²) >= 11 is 3.47. The van der Waals surface area contributed by atoms with Crippen LogP contribution in [0.2, 0.25) is 0 Å². The zero-order valence-electron chi connectivity index (χ0n) is 10.9. The van der Waals surface area contributed by atoms with Crippen molar-refractivity contribution in [2.75, 3.05) is 6.54 Å². The standard InChI is InChI=1S/C11H20BrN3O2S/c1-4-10-13-7-11(15-10)18(16,17)14-6-9(12)5-8(2)3/h7-9,14H,4-6H2,1-3H3,(H,13,15). The van der Waals surface area contributed by atoms with Crippen LogP contribution in [0, 0.1) is 5.92 Å². The van der Waals surface area contributed by atoms with E-state index >= 15 is 0 Å². The molecule has 1 atom stereocenters. The van der Waals surface area contributed by atoms with E-state index < -0.39 is 10.0 Å². The Kier molecular flexibility index (Phi) is 5.81. The molecule has 0 aliphatic carbocycles. The number of rotatable bonds is 7. The molecule has 0 radical (unpaired) electrons. The maximum absolute atomic E-state index is 11.9. The van der Waals surface area contributed by atoms with E-state index in [-0.39, 0.29) is 9.85 Å². The summed E-state index contributed by atoms with van der Waals surface area (Å²) in [4.78, 5) is 6.92. The number of hydrogen-bond acceptors (Lipinski definition) is 3. The predicted molar refractivity (Wildman–Crippen MR) is 75.3 cm³/mol. The van der Waals surface area contributed by atoms with Gasteiger partial charge in [-0.3, -0.25) is 0 Å². The quantitative estimate of drug-likeness (QED) is 0.748. The molecule has 0 aliphatic heterocycles. The van der Waals surface area contributed by atoms with Gasteiger partial charge in [0.25, 0.3) is 10.0 Å². The summed E-state index contributed by atoms with van der Waals surface area (Å²) in [6.45, 7) is 6.50. The summed E-state index contributed by atoms with van der Waals surface area (Å²) in [6, 6.07) is 0. The predicted octanol–water partition coefficient (Wildman–Crippen LogP) is 2.06. The van der Waals surface area contributed by atoms with Crippen LogP contribution in [0.4, 0.5) is 0 Å². The second kappa shape index (κ2) is 6.68. The number of aryl methyl sites for hydroxylation is 1. The van der Waals surface area contributed by atoms with Crippen LogP contribution in [-0.2, 0) is 16.4 Å². The fourth-order valence-electron chi connectivity index (χ4n) is 1.53. The third-order valence-corrected chi connectivity index (χ3v) is 4.48. The van der Waals surface area contributed by atoms with Gasteiger partial charge in [0.05, 0.1) is 6.20 Å². The van der Waals surface area contributed by atoms with Gasteiger partial charge in [0.1, 0.15) is 5.82 Å². The Labute approximate surface area is 117 Å². The van der Waals surface area contributed by atoms with Crippen molar-refractivity contribution in [3.63, 3.8) is 0 Å². The molecule has 0 aromatic carbocycles. The van der Waals surface area contributed by atoms with Gasteiger partial charge in [-0.25, -0.2) is 18.1 Å². The number of aromatic nitrogens is 2. The zero-order valence-corrected chi connectivity index (χ0v) is 13.3. The molecular weight excluding hydrogens is 318 g/mol. The molecule has 0 amide bonds. The van der Waals surface area contributed by atoms with Crippen molar-refractivity contribution < 1.29 is 8.42 Å². The Morgan fingerprint density at radius 2 is 2.17 bits per heavy atom. The van der Waals surface area contributed by atoms with Gasteiger partial charge in [0.15, 0.2) is 5.03 Å². The number of imidazole rings is 1. The molecule has 0 bridgehead atoms. The van der Waals surface area contributed by atoms with E-state index in [1.807, 2.05) is 6.92 Å². The first-order valence-electron chi connectivity index (χ1n) is 6.02. The first-order chi connectivity index (χ1) is 8.35. The molecule has 1 heterocycles. The lowest BCUT2D eigenvalue weighted by Crippen LogP contribution is -2.30. The van der Waals surface area contributed by atoms with Crippen LogP contribution in [-0.4, -0.2) is 29.8 Å². The number of H-pyrrole nitrogens is 1. The Hall–Kier alpha value is -0.400. The van der Waals surface area contributed by atoms with Gasteiger partial charge in [-0.05, 0) is 12.3 Å². The highest BCUT2D eigenvalue weighted by molar-refractivity contribution is 9.09. The fourth-order valence-corrected chi connectivity index (χ4v) is 3.68. The number of halogens is 1. The second-order valence-electron chi connectivity index (χ2n) is 4.63. The van der Waals surface area contributed by atoms with Gasteiger partial charge in [0.2, 0.25) is 0 Å². The molecule has 5 nitrogen and oxygen atoms in total. The first-order valence-corrected chi connectivity index (χ1v) is 8.42. The van der Waals surface area contributed by atoms with Crippen LogP contribution in [0.1, 0.15) is 33.0 Å². The molecule has 18 heavy (non-hydrogen) atoms. The number of sulfonamides is 1. The Morgan fingerprint density at radius 1 is 1.50 bits per heavy atom. The minimum absolute atomic E-state index is 0.128. The highest BCUT2D eigenvalue weighted by atomic mass is 79.9. The number of alkyl halides is 1. The summed E-state index contributed by atoms with van der Waals surface area (Å²) in [5, 5.41) is 0.128. The molecule has 1 aromatic heterocycles. The van der Waals surface area contributed by atoms with Crippen LogP contribution in [0.5, 0.6) is 0 Å². The van der Waals surface area contributed by atoms with Gasteiger partial charge < -0.3 is 4.98 Å². The molecular formula is C11H20BrN3O2S. The lowest BCUT2D eigenvalue weighted by molar-refractivity contribution is 0.550. The third-order valence-electron chi connectivity index (χ3n) is 2.45. The smallest absolute Gasteiger partial charge is 0.257 e. The molecule has 0 aliphatic rings. The molecule has 0 saturated carbocycles. The van der Waals surface area contributed by atoms with E-state index in [0.29, 0.717) is 24.7 Å². The Bertz CT molecular complexity index is 470. The Balaban J connectivity index is 2.59. The van der Waals surface area contributed by atoms with Crippen LogP contribution in [0.15, 0.2) is 11.2 Å². The van der Waals surface area contributed by atoms with Crippen molar-refractivity contribution in [3.8, 4) is 0 Å². The maximum Gasteiger partial charge on any atom is 0.257 e. The lowest BCUT2D eigenvalue weighted by Gasteiger charge is -2.12. The topological polar surface area (TPSA) is 74.8 Å². The van der Waals surface area contributed by atoms with E-state index in [4.69, 9.17) is 0 Å². The minimum atomic E-state index is -3.48. The molecule has 0 saturated heterocycles. The first kappa shape index (κ1) is 15.7. The number of nitrogens with zero attached hydrogens (tertiary/aromatic N) is 1. The lowest BCUT2D eigenvalue weighted by atomic mass is 10.1. The normalized spacial score (nSPS) is 14.1. The maximum atomic E-state index is 11.9. The van der Waals surface area contributed by atoms with Crippen LogP contribution in [0.25, 0.3) is 0 Å². The Morgan fingerprint density at radius 3 is 2.67 bits per heavy atom. The summed E-state index contributed by atoms with van der Waals surface area (Å²) in [5.41, 5.74) is 0. The van der Waals surface area contributed by atoms with E-state index in [0.717, 1.165) is 6.42 Å². The van der Waals surface area contributed by atoms with Crippen LogP contribution >= 0.6 is 15.9 Å². The molecule has 0 fully saturated rings. The van der Waals surface area contributed by atoms with Crippen molar-refractivity contribution in [1.29, 1.82) is 0 Å². The molecule has 104 valence electrons. The SMILES string of the molecule is CCc1ncc(S(=O)(=O)NCC(Br)CC(C)C)[nH]1. The highest BCUT2D eigenvalue weighted by Crippen LogP contribution is 2.13. The number of nitrogens with one attached hydrogen (secondary N) is 2. The largest absolute Gasteiger partial charge is 0.332 e. The van der Waals surface area contributed by atoms with Crippen LogP contribution in [0.3, 0.4) is 0 Å². The summed E-state index contributed by atoms with van der Waals surface area (Å²) < 4.78 is 26.5.